The van der Waals surface area contributed by atoms with E-state index in [1.807, 2.05) is 4.90 Å². The molecule has 1 heterocycles. The zero-order valence-electron chi connectivity index (χ0n) is 15.8. The molecule has 0 bridgehead atoms. The molecule has 28 heavy (non-hydrogen) atoms. The molecule has 1 aliphatic rings. The Morgan fingerprint density at radius 1 is 1.36 bits per heavy atom. The SMILES string of the molecule is CC(c1cccc(OS(=O)(=O)C(F)(F)F)c1)N(CC(=O)N(C)C)C1CCOC1. The Kier molecular flexibility index (Phi) is 6.94. The molecular weight excluding hydrogens is 401 g/mol. The van der Waals surface area contributed by atoms with Crippen LogP contribution in [0.5, 0.6) is 5.75 Å². The van der Waals surface area contributed by atoms with Gasteiger partial charge in [0.2, 0.25) is 5.91 Å². The third-order valence-corrected chi connectivity index (χ3v) is 5.50. The molecule has 1 aromatic carbocycles. The van der Waals surface area contributed by atoms with Crippen molar-refractivity contribution in [2.24, 2.45) is 0 Å². The average molecular weight is 424 g/mol. The smallest absolute Gasteiger partial charge is 0.380 e. The predicted molar refractivity (Wildman–Crippen MR) is 95.1 cm³/mol. The highest BCUT2D eigenvalue weighted by Crippen LogP contribution is 2.31. The number of likely N-dealkylation sites (N-methyl/N-ethyl adjacent to an activating group) is 1. The van der Waals surface area contributed by atoms with Crippen LogP contribution in [-0.4, -0.2) is 69.5 Å². The van der Waals surface area contributed by atoms with E-state index in [0.29, 0.717) is 25.2 Å². The molecule has 158 valence electrons. The number of amides is 1. The summed E-state index contributed by atoms with van der Waals surface area (Å²) in [5, 5.41) is 0. The molecule has 2 rings (SSSR count). The predicted octanol–water partition coefficient (Wildman–Crippen LogP) is 2.16. The third-order valence-electron chi connectivity index (χ3n) is 4.52. The summed E-state index contributed by atoms with van der Waals surface area (Å²) < 4.78 is 69.7. The molecule has 1 aromatic rings. The van der Waals surface area contributed by atoms with Gasteiger partial charge in [-0.3, -0.25) is 9.69 Å². The Hall–Kier alpha value is -1.85. The molecule has 0 aliphatic carbocycles. The first-order valence-electron chi connectivity index (χ1n) is 8.56. The van der Waals surface area contributed by atoms with E-state index in [1.165, 1.54) is 17.0 Å². The van der Waals surface area contributed by atoms with Crippen molar-refractivity contribution in [3.8, 4) is 5.75 Å². The van der Waals surface area contributed by atoms with Crippen LogP contribution in [0.4, 0.5) is 13.2 Å². The van der Waals surface area contributed by atoms with E-state index in [2.05, 4.69) is 4.18 Å². The van der Waals surface area contributed by atoms with Crippen molar-refractivity contribution in [1.82, 2.24) is 9.80 Å². The summed E-state index contributed by atoms with van der Waals surface area (Å²) in [6, 6.07) is 4.99. The Balaban J connectivity index is 2.26. The van der Waals surface area contributed by atoms with E-state index in [0.717, 1.165) is 6.07 Å². The summed E-state index contributed by atoms with van der Waals surface area (Å²) in [7, 11) is -2.49. The summed E-state index contributed by atoms with van der Waals surface area (Å²) in [6.45, 7) is 2.87. The van der Waals surface area contributed by atoms with Crippen LogP contribution in [0.15, 0.2) is 24.3 Å². The van der Waals surface area contributed by atoms with Crippen molar-refractivity contribution in [3.63, 3.8) is 0 Å². The van der Waals surface area contributed by atoms with Gasteiger partial charge in [-0.05, 0) is 31.0 Å². The number of benzene rings is 1. The molecule has 1 aliphatic heterocycles. The zero-order valence-corrected chi connectivity index (χ0v) is 16.6. The molecule has 7 nitrogen and oxygen atoms in total. The molecule has 0 saturated carbocycles. The maximum Gasteiger partial charge on any atom is 0.534 e. The van der Waals surface area contributed by atoms with Crippen LogP contribution in [0.25, 0.3) is 0 Å². The molecule has 0 N–H and O–H groups in total. The standard InChI is InChI=1S/C17H23F3N2O5S/c1-12(22(10-16(23)21(2)3)14-7-8-26-11-14)13-5-4-6-15(9-13)27-28(24,25)17(18,19)20/h4-6,9,12,14H,7-8,10-11H2,1-3H3. The van der Waals surface area contributed by atoms with Gasteiger partial charge in [-0.2, -0.15) is 21.6 Å². The van der Waals surface area contributed by atoms with Crippen molar-refractivity contribution in [2.45, 2.75) is 30.9 Å². The minimum Gasteiger partial charge on any atom is -0.380 e. The molecule has 0 spiro atoms. The highest BCUT2D eigenvalue weighted by molar-refractivity contribution is 7.88. The van der Waals surface area contributed by atoms with Gasteiger partial charge in [0.25, 0.3) is 0 Å². The number of nitrogens with zero attached hydrogens (tertiary/aromatic N) is 2. The molecule has 11 heteroatoms. The minimum atomic E-state index is -5.75. The van der Waals surface area contributed by atoms with E-state index in [-0.39, 0.29) is 24.5 Å². The van der Waals surface area contributed by atoms with Crippen LogP contribution in [0.1, 0.15) is 24.9 Å². The van der Waals surface area contributed by atoms with Crippen LogP contribution in [-0.2, 0) is 19.6 Å². The molecule has 2 atom stereocenters. The second kappa shape index (κ2) is 8.66. The lowest BCUT2D eigenvalue weighted by molar-refractivity contribution is -0.131. The van der Waals surface area contributed by atoms with Crippen LogP contribution in [0, 0.1) is 0 Å². The number of hydrogen-bond acceptors (Lipinski definition) is 6. The van der Waals surface area contributed by atoms with Crippen LogP contribution < -0.4 is 4.18 Å². The zero-order chi connectivity index (χ0) is 21.1. The molecular formula is C17H23F3N2O5S. The van der Waals surface area contributed by atoms with E-state index in [9.17, 15) is 26.4 Å². The van der Waals surface area contributed by atoms with Crippen LogP contribution in [0.3, 0.4) is 0 Å². The monoisotopic (exact) mass is 424 g/mol. The third kappa shape index (κ3) is 5.36. The molecule has 2 unspecified atom stereocenters. The van der Waals surface area contributed by atoms with Gasteiger partial charge in [0.1, 0.15) is 5.75 Å². The summed E-state index contributed by atoms with van der Waals surface area (Å²) >= 11 is 0. The van der Waals surface area contributed by atoms with Crippen molar-refractivity contribution < 1.29 is 35.3 Å². The number of alkyl halides is 3. The van der Waals surface area contributed by atoms with Crippen LogP contribution in [0.2, 0.25) is 0 Å². The van der Waals surface area contributed by atoms with Gasteiger partial charge in [-0.15, -0.1) is 0 Å². The lowest BCUT2D eigenvalue weighted by Crippen LogP contribution is -2.44. The van der Waals surface area contributed by atoms with Crippen molar-refractivity contribution in [1.29, 1.82) is 0 Å². The number of carbonyl (C=O) groups excluding carboxylic acids is 1. The van der Waals surface area contributed by atoms with E-state index in [4.69, 9.17) is 4.74 Å². The first kappa shape index (κ1) is 22.4. The minimum absolute atomic E-state index is 0.0395. The maximum absolute atomic E-state index is 12.6. The number of halogens is 3. The van der Waals surface area contributed by atoms with E-state index in [1.54, 1.807) is 27.1 Å². The largest absolute Gasteiger partial charge is 0.534 e. The maximum atomic E-state index is 12.6. The quantitative estimate of drug-likeness (QED) is 0.493. The molecule has 1 amide bonds. The lowest BCUT2D eigenvalue weighted by Gasteiger charge is -2.34. The van der Waals surface area contributed by atoms with Crippen molar-refractivity contribution in [3.05, 3.63) is 29.8 Å². The van der Waals surface area contributed by atoms with Gasteiger partial charge >= 0.3 is 15.6 Å². The van der Waals surface area contributed by atoms with Gasteiger partial charge in [0.05, 0.1) is 13.2 Å². The second-order valence-corrected chi connectivity index (χ2v) is 8.25. The van der Waals surface area contributed by atoms with E-state index < -0.39 is 21.4 Å². The van der Waals surface area contributed by atoms with Crippen molar-refractivity contribution in [2.75, 3.05) is 33.9 Å². The number of rotatable bonds is 7. The number of hydrogen-bond donors (Lipinski definition) is 0. The van der Waals surface area contributed by atoms with Crippen LogP contribution >= 0.6 is 0 Å². The second-order valence-electron chi connectivity index (χ2n) is 6.71. The molecule has 1 fully saturated rings. The Bertz CT molecular complexity index is 792. The van der Waals surface area contributed by atoms with Gasteiger partial charge < -0.3 is 13.8 Å². The Labute approximate surface area is 162 Å². The van der Waals surface area contributed by atoms with Gasteiger partial charge in [-0.25, -0.2) is 0 Å². The topological polar surface area (TPSA) is 76.2 Å². The van der Waals surface area contributed by atoms with Gasteiger partial charge in [0.15, 0.2) is 0 Å². The fraction of sp³-hybridized carbons (Fsp3) is 0.588. The van der Waals surface area contributed by atoms with Gasteiger partial charge in [-0.1, -0.05) is 12.1 Å². The summed E-state index contributed by atoms with van der Waals surface area (Å²) in [4.78, 5) is 15.6. The van der Waals surface area contributed by atoms with E-state index >= 15 is 0 Å². The Morgan fingerprint density at radius 3 is 2.57 bits per heavy atom. The normalized spacial score (nSPS) is 18.9. The molecule has 1 saturated heterocycles. The highest BCUT2D eigenvalue weighted by Gasteiger charge is 2.48. The van der Waals surface area contributed by atoms with Crippen molar-refractivity contribution >= 4 is 16.0 Å². The average Bonchev–Trinajstić information content (AvgIpc) is 3.11. The molecule has 0 radical (unpaired) electrons. The fourth-order valence-electron chi connectivity index (χ4n) is 2.86. The fourth-order valence-corrected chi connectivity index (χ4v) is 3.31. The van der Waals surface area contributed by atoms with Gasteiger partial charge in [0, 0.05) is 32.8 Å². The summed E-state index contributed by atoms with van der Waals surface area (Å²) in [5.74, 6) is -0.575. The first-order valence-corrected chi connectivity index (χ1v) is 9.97. The number of ether oxygens (including phenoxy) is 1. The Morgan fingerprint density at radius 2 is 2.04 bits per heavy atom. The lowest BCUT2D eigenvalue weighted by atomic mass is 10.0. The first-order chi connectivity index (χ1) is 12.9. The highest BCUT2D eigenvalue weighted by atomic mass is 32.2. The number of carbonyl (C=O) groups is 1. The molecule has 0 aromatic heterocycles. The summed E-state index contributed by atoms with van der Waals surface area (Å²) in [5.41, 5.74) is -4.99. The summed E-state index contributed by atoms with van der Waals surface area (Å²) in [6.07, 6.45) is 0.712.